The quantitative estimate of drug-likeness (QED) is 0.507. The number of carbonyl (C=O) groups is 1. The lowest BCUT2D eigenvalue weighted by molar-refractivity contribution is 0.0304. The fraction of sp³-hybridized carbons (Fsp3) is 0.333. The number of ether oxygens (including phenoxy) is 1. The number of morpholine rings is 1. The van der Waals surface area contributed by atoms with E-state index in [0.29, 0.717) is 32.2 Å². The Bertz CT molecular complexity index is 1300. The molecule has 0 spiro atoms. The van der Waals surface area contributed by atoms with Crippen molar-refractivity contribution in [2.75, 3.05) is 44.3 Å². The number of benzene rings is 2. The van der Waals surface area contributed by atoms with Gasteiger partial charge in [-0.05, 0) is 42.5 Å². The number of nitrogens with one attached hydrogen (secondary N) is 1. The summed E-state index contributed by atoms with van der Waals surface area (Å²) in [7, 11) is 0. The first-order valence-corrected chi connectivity index (χ1v) is 11.9. The summed E-state index contributed by atoms with van der Waals surface area (Å²) in [4.78, 5) is 26.0. The van der Waals surface area contributed by atoms with E-state index in [4.69, 9.17) is 9.72 Å². The summed E-state index contributed by atoms with van der Waals surface area (Å²) < 4.78 is 5.44. The second-order valence-corrected chi connectivity index (χ2v) is 9.00. The van der Waals surface area contributed by atoms with Crippen LogP contribution < -0.4 is 4.90 Å². The second-order valence-electron chi connectivity index (χ2n) is 9.00. The molecule has 0 atom stereocenters. The number of fused-ring (bicyclic) bond motifs is 2. The molecule has 2 aliphatic heterocycles. The van der Waals surface area contributed by atoms with Crippen LogP contribution in [0.3, 0.4) is 0 Å². The lowest BCUT2D eigenvalue weighted by Crippen LogP contribution is -2.41. The van der Waals surface area contributed by atoms with Crippen molar-refractivity contribution >= 4 is 33.5 Å². The van der Waals surface area contributed by atoms with E-state index in [1.54, 1.807) is 0 Å². The van der Waals surface area contributed by atoms with Gasteiger partial charge in [0.15, 0.2) is 0 Å². The molecule has 0 saturated carbocycles. The molecule has 6 rings (SSSR count). The van der Waals surface area contributed by atoms with E-state index in [9.17, 15) is 4.79 Å². The van der Waals surface area contributed by atoms with Gasteiger partial charge in [-0.2, -0.15) is 0 Å². The van der Waals surface area contributed by atoms with Gasteiger partial charge in [-0.15, -0.1) is 0 Å². The third-order valence-corrected chi connectivity index (χ3v) is 7.11. The minimum absolute atomic E-state index is 0.0758. The smallest absolute Gasteiger partial charge is 0.254 e. The minimum Gasteiger partial charge on any atom is -0.378 e. The van der Waals surface area contributed by atoms with Crippen molar-refractivity contribution in [1.82, 2.24) is 14.9 Å². The average Bonchev–Trinajstić information content (AvgIpc) is 3.32. The highest BCUT2D eigenvalue weighted by Crippen LogP contribution is 2.35. The number of hydrogen-bond acceptors (Lipinski definition) is 4. The van der Waals surface area contributed by atoms with Crippen molar-refractivity contribution in [3.8, 4) is 0 Å². The molecule has 2 aromatic carbocycles. The van der Waals surface area contributed by atoms with E-state index < -0.39 is 0 Å². The van der Waals surface area contributed by atoms with Crippen molar-refractivity contribution in [2.24, 2.45) is 0 Å². The maximum atomic E-state index is 13.4. The highest BCUT2D eigenvalue weighted by molar-refractivity contribution is 6.07. The molecule has 4 heterocycles. The number of aromatic amines is 1. The van der Waals surface area contributed by atoms with Gasteiger partial charge < -0.3 is 19.5 Å². The van der Waals surface area contributed by atoms with E-state index in [-0.39, 0.29) is 5.91 Å². The zero-order valence-electron chi connectivity index (χ0n) is 18.7. The first kappa shape index (κ1) is 20.2. The molecule has 2 saturated heterocycles. The van der Waals surface area contributed by atoms with Gasteiger partial charge in [0.25, 0.3) is 5.91 Å². The predicted octanol–water partition coefficient (Wildman–Crippen LogP) is 4.57. The zero-order valence-corrected chi connectivity index (χ0v) is 18.7. The van der Waals surface area contributed by atoms with E-state index in [0.717, 1.165) is 48.2 Å². The van der Waals surface area contributed by atoms with Crippen LogP contribution in [0.5, 0.6) is 0 Å². The van der Waals surface area contributed by atoms with Crippen LogP contribution in [0, 0.1) is 0 Å². The molecule has 2 aromatic heterocycles. The molecule has 0 bridgehead atoms. The normalized spacial score (nSPS) is 17.7. The van der Waals surface area contributed by atoms with Crippen molar-refractivity contribution in [3.63, 3.8) is 0 Å². The van der Waals surface area contributed by atoms with Gasteiger partial charge in [0.05, 0.1) is 24.3 Å². The Labute approximate surface area is 193 Å². The SMILES string of the molecule is O=C(c1cc(N2CCC(c3c[nH]c4ccccc34)CC2)nc2ccccc12)N1CCOCC1. The first-order valence-electron chi connectivity index (χ1n) is 11.9. The van der Waals surface area contributed by atoms with Crippen LogP contribution in [0.1, 0.15) is 34.7 Å². The van der Waals surface area contributed by atoms with Crippen LogP contribution in [0.15, 0.2) is 60.8 Å². The molecule has 0 unspecified atom stereocenters. The van der Waals surface area contributed by atoms with Crippen LogP contribution in [-0.4, -0.2) is 60.2 Å². The van der Waals surface area contributed by atoms with Crippen molar-refractivity contribution in [3.05, 3.63) is 71.9 Å². The Morgan fingerprint density at radius 3 is 2.48 bits per heavy atom. The number of nitrogens with zero attached hydrogens (tertiary/aromatic N) is 3. The minimum atomic E-state index is 0.0758. The molecule has 2 fully saturated rings. The van der Waals surface area contributed by atoms with Crippen LogP contribution in [-0.2, 0) is 4.74 Å². The largest absolute Gasteiger partial charge is 0.378 e. The molecule has 2 aliphatic rings. The maximum absolute atomic E-state index is 13.4. The molecule has 0 radical (unpaired) electrons. The Balaban J connectivity index is 1.27. The van der Waals surface area contributed by atoms with Crippen LogP contribution in [0.25, 0.3) is 21.8 Å². The third-order valence-electron chi connectivity index (χ3n) is 7.11. The van der Waals surface area contributed by atoms with Crippen molar-refractivity contribution in [2.45, 2.75) is 18.8 Å². The number of rotatable bonds is 3. The molecular formula is C27H28N4O2. The molecule has 0 aliphatic carbocycles. The van der Waals surface area contributed by atoms with Crippen LogP contribution in [0.2, 0.25) is 0 Å². The molecule has 6 nitrogen and oxygen atoms in total. The second kappa shape index (κ2) is 8.52. The maximum Gasteiger partial charge on any atom is 0.254 e. The van der Waals surface area contributed by atoms with Gasteiger partial charge in [0, 0.05) is 48.7 Å². The third kappa shape index (κ3) is 3.74. The van der Waals surface area contributed by atoms with Gasteiger partial charge in [-0.25, -0.2) is 4.98 Å². The number of pyridine rings is 1. The van der Waals surface area contributed by atoms with E-state index in [2.05, 4.69) is 40.3 Å². The number of anilines is 1. The van der Waals surface area contributed by atoms with E-state index >= 15 is 0 Å². The predicted molar refractivity (Wildman–Crippen MR) is 131 cm³/mol. The fourth-order valence-electron chi connectivity index (χ4n) is 5.29. The first-order chi connectivity index (χ1) is 16.3. The molecule has 4 aromatic rings. The standard InChI is InChI=1S/C27H28N4O2/c32-27(31-13-15-33-16-14-31)22-17-26(29-25-8-4-2-5-20(22)25)30-11-9-19(10-12-30)23-18-28-24-7-3-1-6-21(23)24/h1-8,17-19,28H,9-16H2. The van der Waals surface area contributed by atoms with Crippen LogP contribution >= 0.6 is 0 Å². The Kier molecular flexibility index (Phi) is 5.23. The van der Waals surface area contributed by atoms with Gasteiger partial charge in [0.2, 0.25) is 0 Å². The number of hydrogen-bond donors (Lipinski definition) is 1. The van der Waals surface area contributed by atoms with Gasteiger partial charge in [-0.3, -0.25) is 4.79 Å². The summed E-state index contributed by atoms with van der Waals surface area (Å²) in [6.07, 6.45) is 4.32. The molecule has 33 heavy (non-hydrogen) atoms. The number of amides is 1. The Morgan fingerprint density at radius 2 is 1.67 bits per heavy atom. The van der Waals surface area contributed by atoms with E-state index in [1.165, 1.54) is 16.5 Å². The summed E-state index contributed by atoms with van der Waals surface area (Å²) in [6.45, 7) is 4.34. The molecule has 168 valence electrons. The van der Waals surface area contributed by atoms with Crippen molar-refractivity contribution < 1.29 is 9.53 Å². The highest BCUT2D eigenvalue weighted by Gasteiger charge is 2.26. The van der Waals surface area contributed by atoms with E-state index in [1.807, 2.05) is 35.2 Å². The molecule has 1 amide bonds. The summed E-state index contributed by atoms with van der Waals surface area (Å²) in [6, 6.07) is 18.5. The average molecular weight is 441 g/mol. The Morgan fingerprint density at radius 1 is 0.939 bits per heavy atom. The number of H-pyrrole nitrogens is 1. The highest BCUT2D eigenvalue weighted by atomic mass is 16.5. The Hall–Kier alpha value is -3.38. The molecule has 6 heteroatoms. The zero-order chi connectivity index (χ0) is 22.2. The van der Waals surface area contributed by atoms with Gasteiger partial charge >= 0.3 is 0 Å². The topological polar surface area (TPSA) is 61.5 Å². The number of piperidine rings is 1. The summed E-state index contributed by atoms with van der Waals surface area (Å²) >= 11 is 0. The summed E-state index contributed by atoms with van der Waals surface area (Å²) in [5.41, 5.74) is 4.25. The summed E-state index contributed by atoms with van der Waals surface area (Å²) in [5, 5.41) is 2.25. The number of aromatic nitrogens is 2. The van der Waals surface area contributed by atoms with Crippen LogP contribution in [0.4, 0.5) is 5.82 Å². The summed E-state index contributed by atoms with van der Waals surface area (Å²) in [5.74, 6) is 1.52. The van der Waals surface area contributed by atoms with Crippen molar-refractivity contribution in [1.29, 1.82) is 0 Å². The lowest BCUT2D eigenvalue weighted by Gasteiger charge is -2.33. The lowest BCUT2D eigenvalue weighted by atomic mass is 9.89. The monoisotopic (exact) mass is 440 g/mol. The number of carbonyl (C=O) groups excluding carboxylic acids is 1. The van der Waals surface area contributed by atoms with Gasteiger partial charge in [-0.1, -0.05) is 36.4 Å². The fourth-order valence-corrected chi connectivity index (χ4v) is 5.29. The molecular weight excluding hydrogens is 412 g/mol. The van der Waals surface area contributed by atoms with Gasteiger partial charge in [0.1, 0.15) is 5.82 Å². The number of para-hydroxylation sites is 2. The molecule has 1 N–H and O–H groups in total.